The third-order valence-electron chi connectivity index (χ3n) is 5.70. The van der Waals surface area contributed by atoms with Crippen LogP contribution in [-0.4, -0.2) is 59.6 Å². The molecule has 28 heavy (non-hydrogen) atoms. The molecule has 2 rings (SSSR count). The second-order valence-electron chi connectivity index (χ2n) is 7.50. The summed E-state index contributed by atoms with van der Waals surface area (Å²) in [6.07, 6.45) is 2.17. The number of nitro groups is 1. The largest absolute Gasteiger partial charge is 0.359 e. The highest BCUT2D eigenvalue weighted by molar-refractivity contribution is 6.04. The lowest BCUT2D eigenvalue weighted by Gasteiger charge is -2.30. The maximum absolute atomic E-state index is 12.7. The number of hydrogen-bond acceptors (Lipinski definition) is 6. The second kappa shape index (κ2) is 9.61. The van der Waals surface area contributed by atoms with Crippen LogP contribution in [0.5, 0.6) is 0 Å². The maximum Gasteiger partial charge on any atom is 0.239 e. The molecule has 1 saturated heterocycles. The first-order chi connectivity index (χ1) is 13.3. The van der Waals surface area contributed by atoms with E-state index in [2.05, 4.69) is 10.6 Å². The predicted octanol–water partition coefficient (Wildman–Crippen LogP) is 0.0854. The van der Waals surface area contributed by atoms with E-state index in [9.17, 15) is 29.3 Å². The Labute approximate surface area is 163 Å². The van der Waals surface area contributed by atoms with E-state index in [4.69, 9.17) is 0 Å². The summed E-state index contributed by atoms with van der Waals surface area (Å²) in [5.41, 5.74) is 0. The van der Waals surface area contributed by atoms with Crippen molar-refractivity contribution in [3.05, 3.63) is 10.1 Å². The lowest BCUT2D eigenvalue weighted by atomic mass is 9.81. The van der Waals surface area contributed by atoms with Gasteiger partial charge in [-0.15, -0.1) is 0 Å². The minimum Gasteiger partial charge on any atom is -0.359 e. The summed E-state index contributed by atoms with van der Waals surface area (Å²) in [7, 11) is 1.37. The van der Waals surface area contributed by atoms with Crippen molar-refractivity contribution < 1.29 is 24.1 Å². The number of likely N-dealkylation sites (tertiary alicyclic amines) is 1. The molecule has 0 spiro atoms. The van der Waals surface area contributed by atoms with Crippen molar-refractivity contribution in [2.24, 2.45) is 17.8 Å². The number of imide groups is 1. The highest BCUT2D eigenvalue weighted by Gasteiger charge is 2.49. The molecule has 0 radical (unpaired) electrons. The predicted molar refractivity (Wildman–Crippen MR) is 98.4 cm³/mol. The molecular formula is C18H28N4O6. The Balaban J connectivity index is 1.96. The van der Waals surface area contributed by atoms with Gasteiger partial charge in [0.2, 0.25) is 29.7 Å². The molecule has 2 fully saturated rings. The number of rotatable bonds is 8. The van der Waals surface area contributed by atoms with Gasteiger partial charge in [0.1, 0.15) is 5.92 Å². The van der Waals surface area contributed by atoms with E-state index in [-0.39, 0.29) is 30.7 Å². The van der Waals surface area contributed by atoms with Crippen LogP contribution in [0, 0.1) is 27.9 Å². The van der Waals surface area contributed by atoms with Crippen molar-refractivity contribution in [1.29, 1.82) is 0 Å². The van der Waals surface area contributed by atoms with E-state index >= 15 is 0 Å². The van der Waals surface area contributed by atoms with E-state index in [1.807, 2.05) is 6.92 Å². The Morgan fingerprint density at radius 1 is 1.25 bits per heavy atom. The minimum absolute atomic E-state index is 0.0392. The quantitative estimate of drug-likeness (QED) is 0.339. The molecule has 4 amide bonds. The van der Waals surface area contributed by atoms with Gasteiger partial charge in [0.05, 0.1) is 6.42 Å². The Morgan fingerprint density at radius 2 is 1.89 bits per heavy atom. The molecule has 2 N–H and O–H groups in total. The molecule has 0 aromatic heterocycles. The maximum atomic E-state index is 12.7. The van der Waals surface area contributed by atoms with Crippen LogP contribution in [0.25, 0.3) is 0 Å². The van der Waals surface area contributed by atoms with Gasteiger partial charge >= 0.3 is 0 Å². The molecule has 2 atom stereocenters. The topological polar surface area (TPSA) is 139 Å². The fraction of sp³-hybridized carbons (Fsp3) is 0.778. The van der Waals surface area contributed by atoms with Crippen LogP contribution in [-0.2, 0) is 19.2 Å². The zero-order valence-corrected chi connectivity index (χ0v) is 16.3. The van der Waals surface area contributed by atoms with Crippen LogP contribution in [0.2, 0.25) is 0 Å². The Morgan fingerprint density at radius 3 is 2.43 bits per heavy atom. The van der Waals surface area contributed by atoms with Gasteiger partial charge in [0, 0.05) is 37.4 Å². The van der Waals surface area contributed by atoms with E-state index in [1.54, 1.807) is 0 Å². The molecule has 1 heterocycles. The smallest absolute Gasteiger partial charge is 0.239 e. The van der Waals surface area contributed by atoms with Crippen molar-refractivity contribution in [2.45, 2.75) is 51.5 Å². The first-order valence-electron chi connectivity index (χ1n) is 9.74. The molecule has 2 unspecified atom stereocenters. The number of carbonyl (C=O) groups is 4. The van der Waals surface area contributed by atoms with E-state index < -0.39 is 41.0 Å². The van der Waals surface area contributed by atoms with Gasteiger partial charge in [-0.2, -0.15) is 0 Å². The summed E-state index contributed by atoms with van der Waals surface area (Å²) in [5, 5.41) is 16.5. The molecule has 156 valence electrons. The number of nitrogens with one attached hydrogen (secondary N) is 2. The van der Waals surface area contributed by atoms with Crippen molar-refractivity contribution in [2.75, 3.05) is 20.1 Å². The van der Waals surface area contributed by atoms with E-state index in [0.29, 0.717) is 19.4 Å². The van der Waals surface area contributed by atoms with Crippen LogP contribution in [0.4, 0.5) is 0 Å². The average molecular weight is 396 g/mol. The normalized spacial score (nSPS) is 26.1. The van der Waals surface area contributed by atoms with Crippen LogP contribution in [0.3, 0.4) is 0 Å². The Hall–Kier alpha value is -2.52. The van der Waals surface area contributed by atoms with Gasteiger partial charge in [-0.05, 0) is 38.5 Å². The number of hydrogen-bond donors (Lipinski definition) is 2. The Bertz CT molecular complexity index is 644. The molecule has 0 aromatic carbocycles. The summed E-state index contributed by atoms with van der Waals surface area (Å²) >= 11 is 0. The molecule has 10 heteroatoms. The summed E-state index contributed by atoms with van der Waals surface area (Å²) < 4.78 is 0. The van der Waals surface area contributed by atoms with Crippen LogP contribution in [0.1, 0.15) is 45.4 Å². The standard InChI is InChI=1S/C18H28N4O6/c1-3-20-17(25)12-6-4-11(5-7-12)10-21-16(24)8-13(18(21)26)14(22(27)28)9-15(23)19-2/h11-14H,3-10H2,1-2H3,(H,19,23)(H,20,25). The summed E-state index contributed by atoms with van der Waals surface area (Å²) in [6, 6.07) is -1.41. The van der Waals surface area contributed by atoms with Gasteiger partial charge in [-0.25, -0.2) is 0 Å². The first-order valence-corrected chi connectivity index (χ1v) is 9.74. The minimum atomic E-state index is -1.41. The van der Waals surface area contributed by atoms with Crippen molar-refractivity contribution in [3.63, 3.8) is 0 Å². The third-order valence-corrected chi connectivity index (χ3v) is 5.70. The first kappa shape index (κ1) is 21.8. The zero-order chi connectivity index (χ0) is 20.8. The SMILES string of the molecule is CCNC(=O)C1CCC(CN2C(=O)CC(C(CC(=O)NC)[N+](=O)[O-])C2=O)CC1. The molecule has 0 bridgehead atoms. The lowest BCUT2D eigenvalue weighted by molar-refractivity contribution is -0.527. The molecule has 1 aliphatic heterocycles. The summed E-state index contributed by atoms with van der Waals surface area (Å²) in [6.45, 7) is 2.68. The second-order valence-corrected chi connectivity index (χ2v) is 7.50. The monoisotopic (exact) mass is 396 g/mol. The number of carbonyl (C=O) groups excluding carboxylic acids is 4. The molecular weight excluding hydrogens is 368 g/mol. The van der Waals surface area contributed by atoms with E-state index in [0.717, 1.165) is 17.7 Å². The fourth-order valence-corrected chi connectivity index (χ4v) is 4.04. The van der Waals surface area contributed by atoms with Crippen LogP contribution < -0.4 is 10.6 Å². The fourth-order valence-electron chi connectivity index (χ4n) is 4.04. The van der Waals surface area contributed by atoms with Crippen molar-refractivity contribution in [3.8, 4) is 0 Å². The van der Waals surface area contributed by atoms with Crippen LogP contribution >= 0.6 is 0 Å². The summed E-state index contributed by atoms with van der Waals surface area (Å²) in [5.74, 6) is -2.55. The molecule has 1 aliphatic carbocycles. The highest BCUT2D eigenvalue weighted by Crippen LogP contribution is 2.32. The van der Waals surface area contributed by atoms with Gasteiger partial charge < -0.3 is 10.6 Å². The molecule has 2 aliphatic rings. The number of amides is 4. The summed E-state index contributed by atoms with van der Waals surface area (Å²) in [4.78, 5) is 60.3. The molecule has 10 nitrogen and oxygen atoms in total. The van der Waals surface area contributed by atoms with Crippen molar-refractivity contribution in [1.82, 2.24) is 15.5 Å². The Kier molecular flexibility index (Phi) is 7.47. The average Bonchev–Trinajstić information content (AvgIpc) is 2.94. The third kappa shape index (κ3) is 5.05. The van der Waals surface area contributed by atoms with Gasteiger partial charge in [0.15, 0.2) is 0 Å². The van der Waals surface area contributed by atoms with Crippen LogP contribution in [0.15, 0.2) is 0 Å². The molecule has 0 aromatic rings. The lowest BCUT2D eigenvalue weighted by Crippen LogP contribution is -2.42. The van der Waals surface area contributed by atoms with E-state index in [1.165, 1.54) is 7.05 Å². The highest BCUT2D eigenvalue weighted by atomic mass is 16.6. The van der Waals surface area contributed by atoms with Gasteiger partial charge in [-0.1, -0.05) is 0 Å². The molecule has 1 saturated carbocycles. The zero-order valence-electron chi connectivity index (χ0n) is 16.3. The van der Waals surface area contributed by atoms with Gasteiger partial charge in [-0.3, -0.25) is 34.2 Å². The van der Waals surface area contributed by atoms with Gasteiger partial charge in [0.25, 0.3) is 0 Å². The number of nitrogens with zero attached hydrogens (tertiary/aromatic N) is 2. The van der Waals surface area contributed by atoms with Crippen molar-refractivity contribution >= 4 is 23.6 Å².